The van der Waals surface area contributed by atoms with E-state index in [9.17, 15) is 9.59 Å². The molecule has 4 aromatic rings. The second-order valence-electron chi connectivity index (χ2n) is 11.8. The summed E-state index contributed by atoms with van der Waals surface area (Å²) >= 11 is 0. The highest BCUT2D eigenvalue weighted by atomic mass is 16.6. The van der Waals surface area contributed by atoms with E-state index in [1.54, 1.807) is 20.0 Å². The molecule has 2 aromatic carbocycles. The zero-order valence-corrected chi connectivity index (χ0v) is 26.3. The summed E-state index contributed by atoms with van der Waals surface area (Å²) in [6, 6.07) is 17.6. The molecule has 0 atom stereocenters. The van der Waals surface area contributed by atoms with E-state index in [4.69, 9.17) is 23.6 Å². The van der Waals surface area contributed by atoms with Crippen LogP contribution in [0.5, 0.6) is 5.75 Å². The van der Waals surface area contributed by atoms with Gasteiger partial charge in [-0.3, -0.25) is 9.78 Å². The van der Waals surface area contributed by atoms with Crippen LogP contribution >= 0.6 is 0 Å². The highest BCUT2D eigenvalue weighted by molar-refractivity contribution is 5.70. The Kier molecular flexibility index (Phi) is 10.8. The smallest absolute Gasteiger partial charge is 0.407 e. The standard InChI is InChI=1S/C35H41N3O6/c1-23(2)42-34(40)37-22-29-20-30(15-13-26(29)14-16-32(39)44-35(4,5)6)41-19-17-31-24(3)43-33(38-31)27-11-9-25(10-12-27)28-8-7-18-36-21-28/h7-13,15,18,20-21,23H,14,16-17,19,22H2,1-6H3,(H,37,40). The molecular formula is C35H41N3O6. The van der Waals surface area contributed by atoms with Crippen molar-refractivity contribution < 1.29 is 28.2 Å². The molecule has 2 aromatic heterocycles. The predicted molar refractivity (Wildman–Crippen MR) is 168 cm³/mol. The van der Waals surface area contributed by atoms with Gasteiger partial charge < -0.3 is 23.9 Å². The third-order valence-corrected chi connectivity index (χ3v) is 6.59. The van der Waals surface area contributed by atoms with Gasteiger partial charge in [-0.2, -0.15) is 0 Å². The number of amides is 1. The second kappa shape index (κ2) is 14.7. The number of nitrogens with one attached hydrogen (secondary N) is 1. The summed E-state index contributed by atoms with van der Waals surface area (Å²) in [4.78, 5) is 33.4. The number of hydrogen-bond acceptors (Lipinski definition) is 8. The number of aromatic nitrogens is 2. The van der Waals surface area contributed by atoms with E-state index in [1.807, 2.05) is 88.5 Å². The maximum Gasteiger partial charge on any atom is 0.407 e. The molecule has 1 amide bonds. The topological polar surface area (TPSA) is 113 Å². The lowest BCUT2D eigenvalue weighted by molar-refractivity contribution is -0.154. The van der Waals surface area contributed by atoms with Crippen LogP contribution in [0.1, 0.15) is 63.6 Å². The SMILES string of the molecule is Cc1oc(-c2ccc(-c3cccnc3)cc2)nc1CCOc1ccc(CCC(=O)OC(C)(C)C)c(CNC(=O)OC(C)C)c1. The summed E-state index contributed by atoms with van der Waals surface area (Å²) in [5.41, 5.74) is 5.03. The van der Waals surface area contributed by atoms with Crippen LogP contribution in [0.15, 0.2) is 71.4 Å². The number of hydrogen-bond donors (Lipinski definition) is 1. The fraction of sp³-hybridized carbons (Fsp3) is 0.371. The first-order valence-electron chi connectivity index (χ1n) is 14.8. The molecule has 0 spiro atoms. The van der Waals surface area contributed by atoms with Crippen LogP contribution in [0.4, 0.5) is 4.79 Å². The minimum absolute atomic E-state index is 0.223. The van der Waals surface area contributed by atoms with Crippen molar-refractivity contribution in [3.63, 3.8) is 0 Å². The monoisotopic (exact) mass is 599 g/mol. The van der Waals surface area contributed by atoms with Crippen LogP contribution in [0.25, 0.3) is 22.6 Å². The Morgan fingerprint density at radius 3 is 2.39 bits per heavy atom. The van der Waals surface area contributed by atoms with Gasteiger partial charge in [0, 0.05) is 37.3 Å². The maximum absolute atomic E-state index is 12.3. The minimum atomic E-state index is -0.548. The van der Waals surface area contributed by atoms with E-state index in [2.05, 4.69) is 10.3 Å². The Labute approximate surface area is 259 Å². The first-order chi connectivity index (χ1) is 21.0. The number of oxazole rings is 1. The normalized spacial score (nSPS) is 11.3. The van der Waals surface area contributed by atoms with Crippen molar-refractivity contribution in [1.29, 1.82) is 0 Å². The Bertz CT molecular complexity index is 1540. The average Bonchev–Trinajstić information content (AvgIpc) is 3.35. The highest BCUT2D eigenvalue weighted by Gasteiger charge is 2.18. The van der Waals surface area contributed by atoms with Crippen molar-refractivity contribution in [3.8, 4) is 28.3 Å². The molecule has 0 bridgehead atoms. The van der Waals surface area contributed by atoms with Crippen LogP contribution in [0.3, 0.4) is 0 Å². The van der Waals surface area contributed by atoms with Gasteiger partial charge in [0.05, 0.1) is 18.4 Å². The van der Waals surface area contributed by atoms with Gasteiger partial charge in [0.25, 0.3) is 0 Å². The molecule has 9 nitrogen and oxygen atoms in total. The third kappa shape index (κ3) is 9.69. The molecule has 0 radical (unpaired) electrons. The lowest BCUT2D eigenvalue weighted by atomic mass is 10.0. The predicted octanol–water partition coefficient (Wildman–Crippen LogP) is 7.24. The van der Waals surface area contributed by atoms with Crippen LogP contribution in [0.2, 0.25) is 0 Å². The van der Waals surface area contributed by atoms with E-state index >= 15 is 0 Å². The third-order valence-electron chi connectivity index (χ3n) is 6.59. The lowest BCUT2D eigenvalue weighted by Crippen LogP contribution is -2.27. The van der Waals surface area contributed by atoms with Crippen molar-refractivity contribution in [3.05, 3.63) is 89.6 Å². The number of rotatable bonds is 12. The minimum Gasteiger partial charge on any atom is -0.493 e. The number of nitrogens with zero attached hydrogens (tertiary/aromatic N) is 2. The van der Waals surface area contributed by atoms with Gasteiger partial charge in [0.2, 0.25) is 5.89 Å². The Morgan fingerprint density at radius 1 is 0.955 bits per heavy atom. The highest BCUT2D eigenvalue weighted by Crippen LogP contribution is 2.26. The molecule has 9 heteroatoms. The molecule has 0 aliphatic carbocycles. The molecule has 0 saturated carbocycles. The summed E-state index contributed by atoms with van der Waals surface area (Å²) in [6.07, 6.45) is 4.09. The van der Waals surface area contributed by atoms with E-state index < -0.39 is 11.7 Å². The maximum atomic E-state index is 12.3. The Morgan fingerprint density at radius 2 is 1.70 bits per heavy atom. The van der Waals surface area contributed by atoms with E-state index in [0.29, 0.717) is 31.1 Å². The van der Waals surface area contributed by atoms with Gasteiger partial charge in [-0.25, -0.2) is 9.78 Å². The van der Waals surface area contributed by atoms with E-state index in [0.717, 1.165) is 39.3 Å². The van der Waals surface area contributed by atoms with Gasteiger partial charge in [-0.1, -0.05) is 24.3 Å². The second-order valence-corrected chi connectivity index (χ2v) is 11.8. The van der Waals surface area contributed by atoms with Crippen LogP contribution < -0.4 is 10.1 Å². The van der Waals surface area contributed by atoms with Gasteiger partial charge in [0.1, 0.15) is 17.1 Å². The first kappa shape index (κ1) is 32.3. The van der Waals surface area contributed by atoms with E-state index in [-0.39, 0.29) is 25.0 Å². The zero-order valence-electron chi connectivity index (χ0n) is 26.3. The Balaban J connectivity index is 1.39. The summed E-state index contributed by atoms with van der Waals surface area (Å²) in [6.45, 7) is 11.6. The Hall–Kier alpha value is -4.66. The first-order valence-corrected chi connectivity index (χ1v) is 14.8. The number of alkyl carbamates (subject to hydrolysis) is 1. The molecule has 232 valence electrons. The molecule has 0 unspecified atom stereocenters. The number of ether oxygens (including phenoxy) is 3. The van der Waals surface area contributed by atoms with Gasteiger partial charge in [-0.15, -0.1) is 0 Å². The molecule has 2 heterocycles. The number of esters is 1. The number of carbonyl (C=O) groups excluding carboxylic acids is 2. The summed E-state index contributed by atoms with van der Waals surface area (Å²) in [5, 5.41) is 2.79. The molecule has 0 aliphatic rings. The van der Waals surface area contributed by atoms with Gasteiger partial charge in [0.15, 0.2) is 0 Å². The molecule has 0 aliphatic heterocycles. The number of benzene rings is 2. The van der Waals surface area contributed by atoms with Crippen molar-refractivity contribution >= 4 is 12.1 Å². The molecule has 1 N–H and O–H groups in total. The van der Waals surface area contributed by atoms with Crippen molar-refractivity contribution in [2.24, 2.45) is 0 Å². The molecule has 0 saturated heterocycles. The molecule has 44 heavy (non-hydrogen) atoms. The summed E-state index contributed by atoms with van der Waals surface area (Å²) in [5.74, 6) is 1.67. The fourth-order valence-electron chi connectivity index (χ4n) is 4.54. The van der Waals surface area contributed by atoms with Crippen LogP contribution in [-0.2, 0) is 33.7 Å². The summed E-state index contributed by atoms with van der Waals surface area (Å²) in [7, 11) is 0. The lowest BCUT2D eigenvalue weighted by Gasteiger charge is -2.20. The van der Waals surface area contributed by atoms with Crippen molar-refractivity contribution in [2.75, 3.05) is 6.61 Å². The van der Waals surface area contributed by atoms with Crippen molar-refractivity contribution in [1.82, 2.24) is 15.3 Å². The average molecular weight is 600 g/mol. The number of carbonyl (C=O) groups is 2. The zero-order chi connectivity index (χ0) is 31.7. The van der Waals surface area contributed by atoms with Crippen molar-refractivity contribution in [2.45, 2.75) is 79.1 Å². The molecule has 0 fully saturated rings. The molecular weight excluding hydrogens is 558 g/mol. The summed E-state index contributed by atoms with van der Waals surface area (Å²) < 4.78 is 22.7. The number of pyridine rings is 1. The quantitative estimate of drug-likeness (QED) is 0.170. The van der Waals surface area contributed by atoms with Gasteiger partial charge >= 0.3 is 12.1 Å². The van der Waals surface area contributed by atoms with Crippen LogP contribution in [0, 0.1) is 6.92 Å². The number of aryl methyl sites for hydroxylation is 2. The fourth-order valence-corrected chi connectivity index (χ4v) is 4.54. The van der Waals surface area contributed by atoms with Crippen LogP contribution in [-0.4, -0.2) is 40.3 Å². The van der Waals surface area contributed by atoms with E-state index in [1.165, 1.54) is 0 Å². The van der Waals surface area contributed by atoms with Gasteiger partial charge in [-0.05, 0) is 101 Å². The largest absolute Gasteiger partial charge is 0.493 e. The molecule has 4 rings (SSSR count).